The van der Waals surface area contributed by atoms with Crippen LogP contribution in [0.3, 0.4) is 0 Å². The summed E-state index contributed by atoms with van der Waals surface area (Å²) in [5.41, 5.74) is 4.94. The van der Waals surface area contributed by atoms with Crippen LogP contribution in [0.5, 0.6) is 0 Å². The van der Waals surface area contributed by atoms with E-state index in [-0.39, 0.29) is 0 Å². The quantitative estimate of drug-likeness (QED) is 0.387. The Balaban J connectivity index is 1.26. The Bertz CT molecular complexity index is 629. The second-order valence-electron chi connectivity index (χ2n) is 11.0. The monoisotopic (exact) mass is 394 g/mol. The van der Waals surface area contributed by atoms with Crippen molar-refractivity contribution in [1.82, 2.24) is 0 Å². The third-order valence-electron chi connectivity index (χ3n) is 8.97. The average molecular weight is 395 g/mol. The van der Waals surface area contributed by atoms with Crippen LogP contribution in [-0.4, -0.2) is 0 Å². The highest BCUT2D eigenvalue weighted by Crippen LogP contribution is 2.49. The van der Waals surface area contributed by atoms with Crippen molar-refractivity contribution in [2.24, 2.45) is 29.6 Å². The van der Waals surface area contributed by atoms with Gasteiger partial charge in [-0.1, -0.05) is 77.0 Å². The molecule has 3 unspecified atom stereocenters. The fourth-order valence-electron chi connectivity index (χ4n) is 7.26. The number of aryl methyl sites for hydroxylation is 2. The summed E-state index contributed by atoms with van der Waals surface area (Å²) in [4.78, 5) is 0. The van der Waals surface area contributed by atoms with E-state index in [0.29, 0.717) is 0 Å². The predicted octanol–water partition coefficient (Wildman–Crippen LogP) is 8.55. The molecule has 0 heterocycles. The van der Waals surface area contributed by atoms with Gasteiger partial charge in [-0.05, 0) is 104 Å². The normalized spacial score (nSPS) is 31.9. The molecule has 0 aliphatic heterocycles. The van der Waals surface area contributed by atoms with E-state index < -0.39 is 0 Å². The zero-order valence-corrected chi connectivity index (χ0v) is 19.4. The van der Waals surface area contributed by atoms with Crippen LogP contribution in [0.2, 0.25) is 0 Å². The Labute approximate surface area is 181 Å². The molecule has 4 rings (SSSR count). The highest BCUT2D eigenvalue weighted by molar-refractivity contribution is 5.34. The fraction of sp³-hybridized carbons (Fsp3) is 0.793. The number of benzene rings is 1. The van der Waals surface area contributed by atoms with Crippen molar-refractivity contribution < 1.29 is 0 Å². The van der Waals surface area contributed by atoms with Crippen molar-refractivity contribution in [3.05, 3.63) is 34.9 Å². The lowest BCUT2D eigenvalue weighted by Gasteiger charge is -2.45. The predicted molar refractivity (Wildman–Crippen MR) is 126 cm³/mol. The standard InChI is InChI=1S/C29H46/c1-3-5-6-7-9-23-11-13-27-21-29(17-15-25(27)19-23)28-16-14-24-18-22(8-4-2)10-12-26(24)20-28/h10,12,18,23,25,27-29H,3-9,11,13-17,19-21H2,1-2H3/t23-,25?,27-,28?,29?/m1/s1. The molecule has 0 heteroatoms. The van der Waals surface area contributed by atoms with Crippen molar-refractivity contribution in [2.45, 2.75) is 117 Å². The molecule has 1 aromatic rings. The van der Waals surface area contributed by atoms with E-state index in [0.717, 1.165) is 29.6 Å². The highest BCUT2D eigenvalue weighted by Gasteiger charge is 2.38. The van der Waals surface area contributed by atoms with Crippen LogP contribution in [0.25, 0.3) is 0 Å². The lowest BCUT2D eigenvalue weighted by Crippen LogP contribution is -2.35. The molecule has 29 heavy (non-hydrogen) atoms. The molecule has 3 aliphatic carbocycles. The summed E-state index contributed by atoms with van der Waals surface area (Å²) in [6.45, 7) is 4.63. The maximum absolute atomic E-state index is 2.54. The molecule has 0 radical (unpaired) electrons. The van der Waals surface area contributed by atoms with Crippen LogP contribution in [0.1, 0.15) is 114 Å². The molecule has 5 atom stereocenters. The van der Waals surface area contributed by atoms with Crippen molar-refractivity contribution in [3.63, 3.8) is 0 Å². The molecular formula is C29H46. The number of fused-ring (bicyclic) bond motifs is 2. The third-order valence-corrected chi connectivity index (χ3v) is 8.97. The number of rotatable bonds is 8. The van der Waals surface area contributed by atoms with Crippen LogP contribution in [0.15, 0.2) is 18.2 Å². The smallest absolute Gasteiger partial charge is 0.0245 e. The minimum Gasteiger partial charge on any atom is -0.0654 e. The lowest BCUT2D eigenvalue weighted by atomic mass is 9.61. The SMILES string of the molecule is CCCCCC[C@@H]1CC[C@@H]2CC(C3CCc4cc(CCC)ccc4C3)CCC2C1. The van der Waals surface area contributed by atoms with E-state index in [1.807, 2.05) is 0 Å². The van der Waals surface area contributed by atoms with E-state index in [1.54, 1.807) is 48.8 Å². The van der Waals surface area contributed by atoms with Gasteiger partial charge >= 0.3 is 0 Å². The molecule has 0 amide bonds. The summed E-state index contributed by atoms with van der Waals surface area (Å²) in [5, 5.41) is 0. The van der Waals surface area contributed by atoms with Gasteiger partial charge in [0.25, 0.3) is 0 Å². The molecule has 0 N–H and O–H groups in total. The summed E-state index contributed by atoms with van der Waals surface area (Å²) in [5.74, 6) is 5.24. The zero-order valence-electron chi connectivity index (χ0n) is 19.4. The Morgan fingerprint density at radius 1 is 0.724 bits per heavy atom. The van der Waals surface area contributed by atoms with Crippen molar-refractivity contribution in [3.8, 4) is 0 Å². The lowest BCUT2D eigenvalue weighted by molar-refractivity contribution is 0.0690. The largest absolute Gasteiger partial charge is 0.0654 e. The Morgan fingerprint density at radius 2 is 1.52 bits per heavy atom. The van der Waals surface area contributed by atoms with E-state index in [9.17, 15) is 0 Å². The molecule has 3 aliphatic rings. The zero-order chi connectivity index (χ0) is 20.1. The third kappa shape index (κ3) is 5.48. The van der Waals surface area contributed by atoms with Crippen molar-refractivity contribution in [2.75, 3.05) is 0 Å². The van der Waals surface area contributed by atoms with Crippen molar-refractivity contribution in [1.29, 1.82) is 0 Å². The second-order valence-corrected chi connectivity index (χ2v) is 11.0. The summed E-state index contributed by atoms with van der Waals surface area (Å²) in [7, 11) is 0. The molecule has 1 aromatic carbocycles. The Hall–Kier alpha value is -0.780. The summed E-state index contributed by atoms with van der Waals surface area (Å²) in [6.07, 6.45) is 23.4. The van der Waals surface area contributed by atoms with E-state index in [4.69, 9.17) is 0 Å². The Kier molecular flexibility index (Phi) is 7.77. The molecule has 2 fully saturated rings. The molecule has 0 nitrogen and oxygen atoms in total. The first-order valence-corrected chi connectivity index (χ1v) is 13.4. The van der Waals surface area contributed by atoms with Crippen LogP contribution in [0.4, 0.5) is 0 Å². The van der Waals surface area contributed by atoms with Gasteiger partial charge < -0.3 is 0 Å². The topological polar surface area (TPSA) is 0 Å². The minimum atomic E-state index is 0.979. The second kappa shape index (κ2) is 10.5. The first kappa shape index (κ1) is 21.5. The number of unbranched alkanes of at least 4 members (excludes halogenated alkanes) is 3. The summed E-state index contributed by atoms with van der Waals surface area (Å²) < 4.78 is 0. The average Bonchev–Trinajstić information content (AvgIpc) is 2.76. The number of hydrogen-bond acceptors (Lipinski definition) is 0. The fourth-order valence-corrected chi connectivity index (χ4v) is 7.26. The van der Waals surface area contributed by atoms with E-state index >= 15 is 0 Å². The van der Waals surface area contributed by atoms with Gasteiger partial charge in [-0.25, -0.2) is 0 Å². The highest BCUT2D eigenvalue weighted by atomic mass is 14.4. The maximum atomic E-state index is 2.54. The molecule has 0 saturated heterocycles. The molecule has 0 bridgehead atoms. The van der Waals surface area contributed by atoms with Crippen LogP contribution < -0.4 is 0 Å². The molecule has 0 aromatic heterocycles. The summed E-state index contributed by atoms with van der Waals surface area (Å²) in [6, 6.07) is 7.44. The first-order valence-electron chi connectivity index (χ1n) is 13.4. The molecule has 162 valence electrons. The summed E-state index contributed by atoms with van der Waals surface area (Å²) >= 11 is 0. The number of hydrogen-bond donors (Lipinski definition) is 0. The van der Waals surface area contributed by atoms with Crippen LogP contribution in [0, 0.1) is 29.6 Å². The van der Waals surface area contributed by atoms with Gasteiger partial charge in [0.05, 0.1) is 0 Å². The van der Waals surface area contributed by atoms with Gasteiger partial charge in [-0.3, -0.25) is 0 Å². The first-order chi connectivity index (χ1) is 14.3. The van der Waals surface area contributed by atoms with Gasteiger partial charge in [0, 0.05) is 0 Å². The van der Waals surface area contributed by atoms with E-state index in [2.05, 4.69) is 32.0 Å². The van der Waals surface area contributed by atoms with Gasteiger partial charge in [0.15, 0.2) is 0 Å². The molecular weight excluding hydrogens is 348 g/mol. The van der Waals surface area contributed by atoms with Gasteiger partial charge in [0.1, 0.15) is 0 Å². The van der Waals surface area contributed by atoms with Gasteiger partial charge in [0.2, 0.25) is 0 Å². The van der Waals surface area contributed by atoms with Crippen LogP contribution >= 0.6 is 0 Å². The van der Waals surface area contributed by atoms with Crippen LogP contribution in [-0.2, 0) is 19.3 Å². The Morgan fingerprint density at radius 3 is 2.34 bits per heavy atom. The van der Waals surface area contributed by atoms with Gasteiger partial charge in [-0.15, -0.1) is 0 Å². The van der Waals surface area contributed by atoms with Gasteiger partial charge in [-0.2, -0.15) is 0 Å². The maximum Gasteiger partial charge on any atom is -0.0245 e. The van der Waals surface area contributed by atoms with E-state index in [1.165, 1.54) is 70.6 Å². The molecule has 0 spiro atoms. The molecule has 2 saturated carbocycles. The minimum absolute atomic E-state index is 0.979. The van der Waals surface area contributed by atoms with Crippen molar-refractivity contribution >= 4 is 0 Å².